The zero-order valence-corrected chi connectivity index (χ0v) is 12.8. The molecule has 1 rings (SSSR count). The molecule has 0 bridgehead atoms. The fourth-order valence-corrected chi connectivity index (χ4v) is 2.34. The van der Waals surface area contributed by atoms with Crippen LogP contribution in [0.3, 0.4) is 0 Å². The van der Waals surface area contributed by atoms with Crippen molar-refractivity contribution < 1.29 is 23.4 Å². The molecule has 4 N–H and O–H groups in total. The van der Waals surface area contributed by atoms with Crippen molar-refractivity contribution in [2.45, 2.75) is 12.5 Å². The number of sulfone groups is 1. The van der Waals surface area contributed by atoms with Crippen LogP contribution in [0, 0.1) is 0 Å². The van der Waals surface area contributed by atoms with E-state index in [1.54, 1.807) is 6.07 Å². The van der Waals surface area contributed by atoms with Gasteiger partial charge in [-0.1, -0.05) is 6.07 Å². The van der Waals surface area contributed by atoms with E-state index in [1.165, 1.54) is 24.1 Å². The van der Waals surface area contributed by atoms with Crippen molar-refractivity contribution in [2.75, 3.05) is 25.6 Å². The Morgan fingerprint density at radius 3 is 2.48 bits per heavy atom. The van der Waals surface area contributed by atoms with E-state index < -0.39 is 15.9 Å². The molecule has 0 aliphatic rings. The highest BCUT2D eigenvalue weighted by Gasteiger charge is 2.19. The van der Waals surface area contributed by atoms with Crippen LogP contribution >= 0.6 is 0 Å². The second-order valence-electron chi connectivity index (χ2n) is 5.02. The minimum atomic E-state index is -3.14. The van der Waals surface area contributed by atoms with Gasteiger partial charge in [0.2, 0.25) is 5.91 Å². The molecule has 0 aliphatic carbocycles. The van der Waals surface area contributed by atoms with Crippen LogP contribution < -0.4 is 5.73 Å². The molecule has 7 nitrogen and oxygen atoms in total. The van der Waals surface area contributed by atoms with Gasteiger partial charge in [-0.15, -0.1) is 0 Å². The molecule has 1 aromatic rings. The highest BCUT2D eigenvalue weighted by Crippen LogP contribution is 2.25. The number of nitrogens with two attached hydrogens (primary N) is 1. The van der Waals surface area contributed by atoms with E-state index in [4.69, 9.17) is 5.73 Å². The number of amides is 1. The van der Waals surface area contributed by atoms with Crippen molar-refractivity contribution in [3.63, 3.8) is 0 Å². The molecule has 1 aromatic carbocycles. The summed E-state index contributed by atoms with van der Waals surface area (Å²) in [6, 6.07) is 3.35. The van der Waals surface area contributed by atoms with Crippen LogP contribution in [0.25, 0.3) is 0 Å². The predicted octanol–water partition coefficient (Wildman–Crippen LogP) is -0.529. The minimum Gasteiger partial charge on any atom is -0.504 e. The maximum absolute atomic E-state index is 12.0. The second-order valence-corrected chi connectivity index (χ2v) is 7.28. The predicted molar refractivity (Wildman–Crippen MR) is 78.8 cm³/mol. The summed E-state index contributed by atoms with van der Waals surface area (Å²) in [5.41, 5.74) is 6.39. The Balaban J connectivity index is 2.63. The Morgan fingerprint density at radius 2 is 1.95 bits per heavy atom. The highest BCUT2D eigenvalue weighted by atomic mass is 32.2. The summed E-state index contributed by atoms with van der Waals surface area (Å²) in [4.78, 5) is 13.3. The molecule has 0 radical (unpaired) electrons. The molecule has 0 saturated carbocycles. The highest BCUT2D eigenvalue weighted by molar-refractivity contribution is 7.90. The number of benzene rings is 1. The third-order valence-corrected chi connectivity index (χ3v) is 3.91. The van der Waals surface area contributed by atoms with Crippen molar-refractivity contribution in [1.29, 1.82) is 0 Å². The van der Waals surface area contributed by atoms with E-state index in [0.717, 1.165) is 6.26 Å². The number of phenolic OH excluding ortho intramolecular Hbond substituents is 2. The monoisotopic (exact) mass is 316 g/mol. The normalized spacial score (nSPS) is 12.9. The maximum Gasteiger partial charge on any atom is 0.239 e. The lowest BCUT2D eigenvalue weighted by atomic mass is 10.1. The first kappa shape index (κ1) is 17.3. The summed E-state index contributed by atoms with van der Waals surface area (Å²) < 4.78 is 22.1. The summed E-state index contributed by atoms with van der Waals surface area (Å²) in [5, 5.41) is 18.6. The SMILES string of the molecule is CN(CCS(C)(=O)=O)C(=O)[C@@H](N)Cc1ccc(O)c(O)c1. The number of hydrogen-bond acceptors (Lipinski definition) is 6. The molecule has 0 aliphatic heterocycles. The number of hydrogen-bond donors (Lipinski definition) is 3. The van der Waals surface area contributed by atoms with Gasteiger partial charge in [-0.3, -0.25) is 4.79 Å². The zero-order chi connectivity index (χ0) is 16.2. The van der Waals surface area contributed by atoms with Crippen molar-refractivity contribution in [3.05, 3.63) is 23.8 Å². The van der Waals surface area contributed by atoms with Crippen LogP contribution in [0.15, 0.2) is 18.2 Å². The van der Waals surface area contributed by atoms with Crippen molar-refractivity contribution in [1.82, 2.24) is 4.90 Å². The van der Waals surface area contributed by atoms with Gasteiger partial charge in [-0.05, 0) is 24.1 Å². The van der Waals surface area contributed by atoms with Gasteiger partial charge in [0.15, 0.2) is 11.5 Å². The molecule has 21 heavy (non-hydrogen) atoms. The zero-order valence-electron chi connectivity index (χ0n) is 12.0. The lowest BCUT2D eigenvalue weighted by Crippen LogP contribution is -2.44. The Kier molecular flexibility index (Phi) is 5.56. The quantitative estimate of drug-likeness (QED) is 0.607. The number of phenols is 2. The van der Waals surface area contributed by atoms with Crippen molar-refractivity contribution in [3.8, 4) is 11.5 Å². The molecule has 0 heterocycles. The fourth-order valence-electron chi connectivity index (χ4n) is 1.73. The molecule has 0 fully saturated rings. The Labute approximate surface area is 123 Å². The van der Waals surface area contributed by atoms with Crippen LogP contribution in [0.1, 0.15) is 5.56 Å². The molecule has 118 valence electrons. The largest absolute Gasteiger partial charge is 0.504 e. The topological polar surface area (TPSA) is 121 Å². The lowest BCUT2D eigenvalue weighted by molar-refractivity contribution is -0.131. The van der Waals surface area contributed by atoms with E-state index in [0.29, 0.717) is 5.56 Å². The first-order valence-electron chi connectivity index (χ1n) is 6.29. The van der Waals surface area contributed by atoms with E-state index in [2.05, 4.69) is 0 Å². The van der Waals surface area contributed by atoms with E-state index >= 15 is 0 Å². The van der Waals surface area contributed by atoms with E-state index in [1.807, 2.05) is 0 Å². The number of carbonyl (C=O) groups excluding carboxylic acids is 1. The van der Waals surface area contributed by atoms with Crippen LogP contribution in [0.2, 0.25) is 0 Å². The van der Waals surface area contributed by atoms with Crippen molar-refractivity contribution >= 4 is 15.7 Å². The second kappa shape index (κ2) is 6.77. The first-order valence-corrected chi connectivity index (χ1v) is 8.35. The number of aromatic hydroxyl groups is 2. The third kappa shape index (κ3) is 5.60. The third-order valence-electron chi connectivity index (χ3n) is 2.99. The average Bonchev–Trinajstić information content (AvgIpc) is 2.38. The lowest BCUT2D eigenvalue weighted by Gasteiger charge is -2.21. The average molecular weight is 316 g/mol. The van der Waals surface area contributed by atoms with Gasteiger partial charge in [0.25, 0.3) is 0 Å². The number of rotatable bonds is 6. The van der Waals surface area contributed by atoms with Gasteiger partial charge >= 0.3 is 0 Å². The smallest absolute Gasteiger partial charge is 0.239 e. The molecule has 1 atom stereocenters. The summed E-state index contributed by atoms with van der Waals surface area (Å²) in [6.07, 6.45) is 1.28. The molecule has 0 saturated heterocycles. The maximum atomic E-state index is 12.0. The summed E-state index contributed by atoms with van der Waals surface area (Å²) in [6.45, 7) is 0.0756. The summed E-state index contributed by atoms with van der Waals surface area (Å²) in [7, 11) is -1.66. The van der Waals surface area contributed by atoms with Gasteiger partial charge in [0, 0.05) is 19.8 Å². The van der Waals surface area contributed by atoms with E-state index in [9.17, 15) is 23.4 Å². The minimum absolute atomic E-state index is 0.0756. The van der Waals surface area contributed by atoms with Crippen LogP contribution in [-0.4, -0.2) is 61.1 Å². The van der Waals surface area contributed by atoms with Gasteiger partial charge < -0.3 is 20.8 Å². The first-order chi connectivity index (χ1) is 9.60. The van der Waals surface area contributed by atoms with Gasteiger partial charge in [0.1, 0.15) is 9.84 Å². The molecule has 0 spiro atoms. The molecular formula is C13H20N2O5S. The summed E-state index contributed by atoms with van der Waals surface area (Å²) >= 11 is 0. The molecule has 0 unspecified atom stereocenters. The summed E-state index contributed by atoms with van der Waals surface area (Å²) in [5.74, 6) is -1.03. The number of carbonyl (C=O) groups is 1. The van der Waals surface area contributed by atoms with Crippen LogP contribution in [0.5, 0.6) is 11.5 Å². The Morgan fingerprint density at radius 1 is 1.33 bits per heavy atom. The van der Waals surface area contributed by atoms with Gasteiger partial charge in [-0.2, -0.15) is 0 Å². The molecular weight excluding hydrogens is 296 g/mol. The Hall–Kier alpha value is -1.80. The molecule has 8 heteroatoms. The number of nitrogens with zero attached hydrogens (tertiary/aromatic N) is 1. The van der Waals surface area contributed by atoms with Crippen LogP contribution in [-0.2, 0) is 21.1 Å². The number of likely N-dealkylation sites (N-methyl/N-ethyl adjacent to an activating group) is 1. The Bertz CT molecular complexity index is 615. The fraction of sp³-hybridized carbons (Fsp3) is 0.462. The molecule has 1 amide bonds. The standard InChI is InChI=1S/C13H20N2O5S/c1-15(5-6-21(2,19)20)13(18)10(14)7-9-3-4-11(16)12(17)8-9/h3-4,8,10,16-17H,5-7,14H2,1-2H3/t10-/m0/s1. The van der Waals surface area contributed by atoms with Gasteiger partial charge in [-0.25, -0.2) is 8.42 Å². The van der Waals surface area contributed by atoms with Crippen LogP contribution in [0.4, 0.5) is 0 Å². The van der Waals surface area contributed by atoms with E-state index in [-0.39, 0.29) is 36.1 Å². The van der Waals surface area contributed by atoms with Gasteiger partial charge in [0.05, 0.1) is 11.8 Å². The molecule has 0 aromatic heterocycles. The van der Waals surface area contributed by atoms with Crippen molar-refractivity contribution in [2.24, 2.45) is 5.73 Å².